The Balaban J connectivity index is 1.35. The first-order valence-corrected chi connectivity index (χ1v) is 12.8. The lowest BCUT2D eigenvalue weighted by Crippen LogP contribution is -2.28. The van der Waals surface area contributed by atoms with Gasteiger partial charge in [-0.05, 0) is 60.4 Å². The zero-order valence-corrected chi connectivity index (χ0v) is 20.0. The van der Waals surface area contributed by atoms with Gasteiger partial charge in [0.15, 0.2) is 0 Å². The van der Waals surface area contributed by atoms with E-state index in [2.05, 4.69) is 5.32 Å². The number of nitrogens with one attached hydrogen (secondary N) is 1. The van der Waals surface area contributed by atoms with Gasteiger partial charge in [0.2, 0.25) is 10.0 Å². The van der Waals surface area contributed by atoms with E-state index in [4.69, 9.17) is 10.5 Å². The molecule has 1 fully saturated rings. The van der Waals surface area contributed by atoms with Crippen molar-refractivity contribution in [3.8, 4) is 5.75 Å². The first-order chi connectivity index (χ1) is 16.8. The van der Waals surface area contributed by atoms with Crippen molar-refractivity contribution >= 4 is 21.8 Å². The van der Waals surface area contributed by atoms with Crippen molar-refractivity contribution in [2.75, 3.05) is 13.1 Å². The maximum Gasteiger partial charge on any atom is 0.252 e. The molecule has 2 amide bonds. The summed E-state index contributed by atoms with van der Waals surface area (Å²) in [4.78, 5) is 24.5. The molecule has 1 heterocycles. The van der Waals surface area contributed by atoms with E-state index in [1.54, 1.807) is 66.7 Å². The minimum atomic E-state index is -3.46. The quantitative estimate of drug-likeness (QED) is 0.475. The van der Waals surface area contributed by atoms with Crippen molar-refractivity contribution in [3.63, 3.8) is 0 Å². The number of ether oxygens (including phenoxy) is 1. The Bertz CT molecular complexity index is 1320. The van der Waals surface area contributed by atoms with Crippen molar-refractivity contribution in [1.29, 1.82) is 0 Å². The molecule has 182 valence electrons. The number of rotatable bonds is 9. The second-order valence-corrected chi connectivity index (χ2v) is 10.2. The average Bonchev–Trinajstić information content (AvgIpc) is 3.43. The number of amides is 2. The number of nitrogens with two attached hydrogens (primary N) is 1. The van der Waals surface area contributed by atoms with Gasteiger partial charge in [0, 0.05) is 25.2 Å². The molecule has 1 aliphatic heterocycles. The van der Waals surface area contributed by atoms with Crippen LogP contribution in [0.5, 0.6) is 5.75 Å². The molecular weight excluding hydrogens is 466 g/mol. The molecule has 3 N–H and O–H groups in total. The zero-order valence-electron chi connectivity index (χ0n) is 19.1. The molecule has 3 aromatic carbocycles. The molecule has 4 rings (SSSR count). The Hall–Kier alpha value is -3.69. The molecular formula is C26H27N3O5S. The van der Waals surface area contributed by atoms with Crippen LogP contribution in [0.1, 0.15) is 44.7 Å². The van der Waals surface area contributed by atoms with Gasteiger partial charge in [-0.2, -0.15) is 4.31 Å². The van der Waals surface area contributed by atoms with Crippen LogP contribution in [0.2, 0.25) is 0 Å². The molecule has 9 heteroatoms. The SMILES string of the molecule is NC(=O)c1ccccc1OCc1cccc(C(=O)NCc2ccc(S(=O)(=O)N3CCCC3)cc2)c1. The molecule has 0 saturated carbocycles. The Morgan fingerprint density at radius 2 is 1.63 bits per heavy atom. The molecule has 0 aromatic heterocycles. The van der Waals surface area contributed by atoms with Crippen LogP contribution in [0, 0.1) is 0 Å². The summed E-state index contributed by atoms with van der Waals surface area (Å²) in [7, 11) is -3.46. The lowest BCUT2D eigenvalue weighted by atomic mass is 10.1. The number of benzene rings is 3. The van der Waals surface area contributed by atoms with Gasteiger partial charge < -0.3 is 15.8 Å². The van der Waals surface area contributed by atoms with E-state index in [1.165, 1.54) is 4.31 Å². The molecule has 0 spiro atoms. The van der Waals surface area contributed by atoms with Crippen LogP contribution in [0.3, 0.4) is 0 Å². The highest BCUT2D eigenvalue weighted by Gasteiger charge is 2.26. The van der Waals surface area contributed by atoms with E-state index in [9.17, 15) is 18.0 Å². The van der Waals surface area contributed by atoms with Crippen LogP contribution in [-0.2, 0) is 23.2 Å². The fourth-order valence-electron chi connectivity index (χ4n) is 3.90. The molecule has 0 aliphatic carbocycles. The van der Waals surface area contributed by atoms with Crippen LogP contribution in [0.4, 0.5) is 0 Å². The Kier molecular flexibility index (Phi) is 7.48. The molecule has 0 radical (unpaired) electrons. The van der Waals surface area contributed by atoms with E-state index in [0.717, 1.165) is 24.0 Å². The van der Waals surface area contributed by atoms with Crippen molar-refractivity contribution in [2.45, 2.75) is 30.9 Å². The van der Waals surface area contributed by atoms with Crippen LogP contribution < -0.4 is 15.8 Å². The summed E-state index contributed by atoms with van der Waals surface area (Å²) in [6.45, 7) is 1.54. The lowest BCUT2D eigenvalue weighted by Gasteiger charge is -2.15. The van der Waals surface area contributed by atoms with Crippen LogP contribution in [0.15, 0.2) is 77.7 Å². The number of hydrogen-bond acceptors (Lipinski definition) is 5. The van der Waals surface area contributed by atoms with E-state index < -0.39 is 15.9 Å². The number of primary amides is 1. The third kappa shape index (κ3) is 5.87. The van der Waals surface area contributed by atoms with Gasteiger partial charge in [0.05, 0.1) is 10.5 Å². The average molecular weight is 494 g/mol. The molecule has 3 aromatic rings. The van der Waals surface area contributed by atoms with Crippen molar-refractivity contribution in [3.05, 3.63) is 95.1 Å². The monoisotopic (exact) mass is 493 g/mol. The first-order valence-electron chi connectivity index (χ1n) is 11.3. The highest BCUT2D eigenvalue weighted by atomic mass is 32.2. The van der Waals surface area contributed by atoms with Crippen LogP contribution in [-0.4, -0.2) is 37.6 Å². The topological polar surface area (TPSA) is 119 Å². The summed E-state index contributed by atoms with van der Waals surface area (Å²) < 4.78 is 32.5. The summed E-state index contributed by atoms with van der Waals surface area (Å²) in [5.41, 5.74) is 7.69. The number of sulfonamides is 1. The highest BCUT2D eigenvalue weighted by Crippen LogP contribution is 2.21. The second kappa shape index (κ2) is 10.7. The summed E-state index contributed by atoms with van der Waals surface area (Å²) in [6.07, 6.45) is 1.77. The molecule has 1 saturated heterocycles. The van der Waals surface area contributed by atoms with Gasteiger partial charge in [0.1, 0.15) is 12.4 Å². The third-order valence-electron chi connectivity index (χ3n) is 5.82. The normalized spacial score (nSPS) is 13.9. The van der Waals surface area contributed by atoms with E-state index in [-0.39, 0.29) is 24.0 Å². The Labute approximate surface area is 204 Å². The summed E-state index contributed by atoms with van der Waals surface area (Å²) in [5, 5.41) is 2.85. The number of hydrogen-bond donors (Lipinski definition) is 2. The Morgan fingerprint density at radius 1 is 0.914 bits per heavy atom. The van der Waals surface area contributed by atoms with Crippen LogP contribution in [0.25, 0.3) is 0 Å². The maximum absolute atomic E-state index is 12.7. The van der Waals surface area contributed by atoms with Crippen molar-refractivity contribution in [1.82, 2.24) is 9.62 Å². The van der Waals surface area contributed by atoms with Gasteiger partial charge in [-0.1, -0.05) is 36.4 Å². The molecule has 0 atom stereocenters. The minimum Gasteiger partial charge on any atom is -0.488 e. The Morgan fingerprint density at radius 3 is 2.34 bits per heavy atom. The smallest absolute Gasteiger partial charge is 0.252 e. The van der Waals surface area contributed by atoms with Gasteiger partial charge in [0.25, 0.3) is 11.8 Å². The number of carbonyl (C=O) groups is 2. The molecule has 0 bridgehead atoms. The molecule has 1 aliphatic rings. The van der Waals surface area contributed by atoms with Gasteiger partial charge in [-0.15, -0.1) is 0 Å². The van der Waals surface area contributed by atoms with E-state index >= 15 is 0 Å². The maximum atomic E-state index is 12.7. The molecule has 0 unspecified atom stereocenters. The largest absolute Gasteiger partial charge is 0.488 e. The predicted octanol–water partition coefficient (Wildman–Crippen LogP) is 3.08. The number of para-hydroxylation sites is 1. The second-order valence-electron chi connectivity index (χ2n) is 8.29. The highest BCUT2D eigenvalue weighted by molar-refractivity contribution is 7.89. The van der Waals surface area contributed by atoms with E-state index in [0.29, 0.717) is 30.0 Å². The van der Waals surface area contributed by atoms with Crippen molar-refractivity contribution in [2.24, 2.45) is 5.73 Å². The number of carbonyl (C=O) groups excluding carboxylic acids is 2. The molecule has 35 heavy (non-hydrogen) atoms. The van der Waals surface area contributed by atoms with Gasteiger partial charge >= 0.3 is 0 Å². The third-order valence-corrected chi connectivity index (χ3v) is 7.73. The van der Waals surface area contributed by atoms with Crippen molar-refractivity contribution < 1.29 is 22.7 Å². The van der Waals surface area contributed by atoms with Gasteiger partial charge in [-0.3, -0.25) is 9.59 Å². The first kappa shape index (κ1) is 24.4. The summed E-state index contributed by atoms with van der Waals surface area (Å²) in [6, 6.07) is 20.3. The van der Waals surface area contributed by atoms with Crippen LogP contribution >= 0.6 is 0 Å². The van der Waals surface area contributed by atoms with Gasteiger partial charge in [-0.25, -0.2) is 8.42 Å². The lowest BCUT2D eigenvalue weighted by molar-refractivity contribution is 0.0949. The number of nitrogens with zero attached hydrogens (tertiary/aromatic N) is 1. The summed E-state index contributed by atoms with van der Waals surface area (Å²) in [5.74, 6) is -0.460. The fraction of sp³-hybridized carbons (Fsp3) is 0.231. The predicted molar refractivity (Wildman–Crippen MR) is 131 cm³/mol. The zero-order chi connectivity index (χ0) is 24.8. The van der Waals surface area contributed by atoms with E-state index in [1.807, 2.05) is 6.07 Å². The standard InChI is InChI=1S/C26H27N3O5S/c27-25(30)23-8-1-2-9-24(23)34-18-20-6-5-7-21(16-20)26(31)28-17-19-10-12-22(13-11-19)35(32,33)29-14-3-4-15-29/h1-2,5-13,16H,3-4,14-15,17-18H2,(H2,27,30)(H,28,31). The molecule has 8 nitrogen and oxygen atoms in total. The summed E-state index contributed by atoms with van der Waals surface area (Å²) >= 11 is 0. The fourth-order valence-corrected chi connectivity index (χ4v) is 5.42. The minimum absolute atomic E-state index is 0.165.